The molecule has 6 heteroatoms. The van der Waals surface area contributed by atoms with Gasteiger partial charge in [0.15, 0.2) is 5.96 Å². The van der Waals surface area contributed by atoms with Crippen molar-refractivity contribution in [3.63, 3.8) is 0 Å². The van der Waals surface area contributed by atoms with Gasteiger partial charge in [0.2, 0.25) is 5.96 Å². The normalized spacial score (nSPS) is 11.2. The lowest BCUT2D eigenvalue weighted by Gasteiger charge is -2.07. The predicted molar refractivity (Wildman–Crippen MR) is 90.8 cm³/mol. The Morgan fingerprint density at radius 1 is 0.952 bits per heavy atom. The molecule has 21 heavy (non-hydrogen) atoms. The van der Waals surface area contributed by atoms with Crippen molar-refractivity contribution < 1.29 is 0 Å². The Labute approximate surface area is 128 Å². The highest BCUT2D eigenvalue weighted by molar-refractivity contribution is 7.98. The van der Waals surface area contributed by atoms with Crippen LogP contribution in [0.3, 0.4) is 0 Å². The molecular weight excluding hydrogens is 282 g/mol. The second-order valence-electron chi connectivity index (χ2n) is 4.25. The van der Waals surface area contributed by atoms with Crippen molar-refractivity contribution in [3.05, 3.63) is 48.5 Å². The highest BCUT2D eigenvalue weighted by atomic mass is 32.2. The summed E-state index contributed by atoms with van der Waals surface area (Å²) in [5.74, 6) is -0.0822. The summed E-state index contributed by atoms with van der Waals surface area (Å²) in [6.07, 6.45) is 2.04. The molecule has 6 N–H and O–H groups in total. The molecular formula is C15H17N5S. The summed E-state index contributed by atoms with van der Waals surface area (Å²) in [7, 11) is 0. The van der Waals surface area contributed by atoms with E-state index in [-0.39, 0.29) is 11.9 Å². The third-order valence-corrected chi connectivity index (χ3v) is 3.53. The third kappa shape index (κ3) is 4.00. The average molecular weight is 299 g/mol. The van der Waals surface area contributed by atoms with Crippen molar-refractivity contribution in [1.29, 1.82) is 0 Å². The molecule has 0 radical (unpaired) electrons. The van der Waals surface area contributed by atoms with Crippen molar-refractivity contribution in [3.8, 4) is 11.1 Å². The summed E-state index contributed by atoms with van der Waals surface area (Å²) in [6.45, 7) is 0. The first-order valence-electron chi connectivity index (χ1n) is 6.27. The second kappa shape index (κ2) is 6.81. The number of hydrogen-bond acceptors (Lipinski definition) is 2. The number of para-hydroxylation sites is 1. The van der Waals surface area contributed by atoms with Gasteiger partial charge in [0.25, 0.3) is 0 Å². The van der Waals surface area contributed by atoms with E-state index < -0.39 is 0 Å². The number of nitrogens with zero attached hydrogens (tertiary/aromatic N) is 2. The van der Waals surface area contributed by atoms with Gasteiger partial charge in [0.1, 0.15) is 0 Å². The van der Waals surface area contributed by atoms with Crippen molar-refractivity contribution in [2.45, 2.75) is 4.90 Å². The fraction of sp³-hybridized carbons (Fsp3) is 0.0667. The Kier molecular flexibility index (Phi) is 4.84. The molecule has 0 aliphatic carbocycles. The van der Waals surface area contributed by atoms with Crippen LogP contribution in [0.15, 0.2) is 63.4 Å². The smallest absolute Gasteiger partial charge is 0.223 e. The Morgan fingerprint density at radius 3 is 2.24 bits per heavy atom. The maximum atomic E-state index is 5.70. The maximum absolute atomic E-state index is 5.70. The molecule has 0 aliphatic rings. The second-order valence-corrected chi connectivity index (χ2v) is 5.13. The Balaban J connectivity index is 2.43. The summed E-state index contributed by atoms with van der Waals surface area (Å²) in [5.41, 5.74) is 19.0. The highest BCUT2D eigenvalue weighted by Crippen LogP contribution is 2.31. The van der Waals surface area contributed by atoms with E-state index >= 15 is 0 Å². The van der Waals surface area contributed by atoms with Crippen LogP contribution in [0.1, 0.15) is 0 Å². The fourth-order valence-electron chi connectivity index (χ4n) is 1.87. The number of nitrogens with two attached hydrogens (primary N) is 3. The van der Waals surface area contributed by atoms with Gasteiger partial charge in [-0.3, -0.25) is 0 Å². The zero-order valence-corrected chi connectivity index (χ0v) is 12.5. The SMILES string of the molecule is CSc1ccc(-c2ccccc2N=C(N)N=C(N)N)cc1. The lowest BCUT2D eigenvalue weighted by atomic mass is 10.0. The maximum Gasteiger partial charge on any atom is 0.223 e. The summed E-state index contributed by atoms with van der Waals surface area (Å²) in [4.78, 5) is 9.20. The molecule has 0 bridgehead atoms. The molecule has 5 nitrogen and oxygen atoms in total. The van der Waals surface area contributed by atoms with Crippen LogP contribution in [0.2, 0.25) is 0 Å². The molecule has 2 aromatic carbocycles. The molecule has 0 heterocycles. The molecule has 2 aromatic rings. The number of guanidine groups is 2. The minimum absolute atomic E-state index is 0.0307. The first-order valence-corrected chi connectivity index (χ1v) is 7.50. The monoisotopic (exact) mass is 299 g/mol. The minimum atomic E-state index is -0.113. The molecule has 0 atom stereocenters. The standard InChI is InChI=1S/C15H17N5S/c1-21-11-8-6-10(7-9-11)12-4-2-3-5-13(12)19-15(18)20-14(16)17/h2-9H,1H3,(H6,16,17,18,19,20). The van der Waals surface area contributed by atoms with Gasteiger partial charge in [-0.1, -0.05) is 30.3 Å². The number of hydrogen-bond donors (Lipinski definition) is 3. The minimum Gasteiger partial charge on any atom is -0.370 e. The number of rotatable bonds is 3. The molecule has 0 unspecified atom stereocenters. The quantitative estimate of drug-likeness (QED) is 0.459. The van der Waals surface area contributed by atoms with Crippen LogP contribution in [-0.2, 0) is 0 Å². The van der Waals surface area contributed by atoms with Crippen molar-refractivity contribution in [1.82, 2.24) is 0 Å². The van der Waals surface area contributed by atoms with Gasteiger partial charge in [-0.15, -0.1) is 11.8 Å². The van der Waals surface area contributed by atoms with Crippen LogP contribution >= 0.6 is 11.8 Å². The van der Waals surface area contributed by atoms with E-state index in [0.29, 0.717) is 0 Å². The summed E-state index contributed by atoms with van der Waals surface area (Å²) < 4.78 is 0. The number of aliphatic imine (C=N–C) groups is 2. The van der Waals surface area contributed by atoms with Gasteiger partial charge < -0.3 is 17.2 Å². The molecule has 0 saturated carbocycles. The summed E-state index contributed by atoms with van der Waals surface area (Å²) in [6, 6.07) is 15.9. The molecule has 0 amide bonds. The average Bonchev–Trinajstić information content (AvgIpc) is 2.47. The Hall–Kier alpha value is -2.47. The lowest BCUT2D eigenvalue weighted by Crippen LogP contribution is -2.26. The first kappa shape index (κ1) is 14.9. The van der Waals surface area contributed by atoms with Gasteiger partial charge in [-0.2, -0.15) is 4.99 Å². The molecule has 108 valence electrons. The lowest BCUT2D eigenvalue weighted by molar-refractivity contribution is 1.38. The van der Waals surface area contributed by atoms with Crippen LogP contribution < -0.4 is 17.2 Å². The van der Waals surface area contributed by atoms with Gasteiger partial charge >= 0.3 is 0 Å². The Morgan fingerprint density at radius 2 is 1.62 bits per heavy atom. The summed E-state index contributed by atoms with van der Waals surface area (Å²) in [5, 5.41) is 0. The number of thioether (sulfide) groups is 1. The van der Waals surface area contributed by atoms with Gasteiger partial charge in [0, 0.05) is 10.5 Å². The molecule has 0 aromatic heterocycles. The highest BCUT2D eigenvalue weighted by Gasteiger charge is 2.04. The zero-order chi connectivity index (χ0) is 15.2. The van der Waals surface area contributed by atoms with Crippen LogP contribution in [0.4, 0.5) is 5.69 Å². The number of benzene rings is 2. The van der Waals surface area contributed by atoms with Crippen LogP contribution in [0.25, 0.3) is 11.1 Å². The molecule has 0 fully saturated rings. The van der Waals surface area contributed by atoms with E-state index in [1.165, 1.54) is 4.90 Å². The van der Waals surface area contributed by atoms with E-state index in [1.54, 1.807) is 11.8 Å². The van der Waals surface area contributed by atoms with Gasteiger partial charge in [0.05, 0.1) is 5.69 Å². The topological polar surface area (TPSA) is 103 Å². The Bertz CT molecular complexity index is 673. The first-order chi connectivity index (χ1) is 10.1. The van der Waals surface area contributed by atoms with Crippen molar-refractivity contribution in [2.24, 2.45) is 27.2 Å². The fourth-order valence-corrected chi connectivity index (χ4v) is 2.27. The van der Waals surface area contributed by atoms with Crippen LogP contribution in [-0.4, -0.2) is 18.2 Å². The predicted octanol–water partition coefficient (Wildman–Crippen LogP) is 2.30. The van der Waals surface area contributed by atoms with Crippen LogP contribution in [0, 0.1) is 0 Å². The van der Waals surface area contributed by atoms with E-state index in [9.17, 15) is 0 Å². The molecule has 0 aliphatic heterocycles. The molecule has 0 saturated heterocycles. The van der Waals surface area contributed by atoms with Crippen molar-refractivity contribution >= 4 is 29.4 Å². The van der Waals surface area contributed by atoms with Gasteiger partial charge in [-0.25, -0.2) is 4.99 Å². The van der Waals surface area contributed by atoms with E-state index in [0.717, 1.165) is 16.8 Å². The van der Waals surface area contributed by atoms with E-state index in [2.05, 4.69) is 34.3 Å². The van der Waals surface area contributed by atoms with E-state index in [4.69, 9.17) is 17.2 Å². The third-order valence-electron chi connectivity index (χ3n) is 2.78. The molecule has 0 spiro atoms. The largest absolute Gasteiger partial charge is 0.370 e. The van der Waals surface area contributed by atoms with Crippen molar-refractivity contribution in [2.75, 3.05) is 6.26 Å². The summed E-state index contributed by atoms with van der Waals surface area (Å²) >= 11 is 1.70. The van der Waals surface area contributed by atoms with E-state index in [1.807, 2.05) is 30.5 Å². The molecule has 2 rings (SSSR count). The zero-order valence-electron chi connectivity index (χ0n) is 11.7. The van der Waals surface area contributed by atoms with Gasteiger partial charge in [-0.05, 0) is 30.0 Å². The van der Waals surface area contributed by atoms with Crippen LogP contribution in [0.5, 0.6) is 0 Å².